The van der Waals surface area contributed by atoms with E-state index in [0.717, 1.165) is 6.42 Å². The van der Waals surface area contributed by atoms with Crippen molar-refractivity contribution in [3.05, 3.63) is 29.8 Å². The van der Waals surface area contributed by atoms with Crippen LogP contribution in [0.4, 0.5) is 5.69 Å². The van der Waals surface area contributed by atoms with Crippen LogP contribution in [0.15, 0.2) is 24.3 Å². The fraction of sp³-hybridized carbons (Fsp3) is 0.471. The number of carbonyl (C=O) groups excluding carboxylic acids is 3. The molecule has 0 aromatic heterocycles. The Hall–Kier alpha value is -2.37. The Balaban J connectivity index is 2.39. The van der Waals surface area contributed by atoms with E-state index in [1.165, 1.54) is 0 Å². The smallest absolute Gasteiger partial charge is 0.251 e. The van der Waals surface area contributed by atoms with Crippen LogP contribution in [-0.4, -0.2) is 30.8 Å². The number of anilines is 1. The van der Waals surface area contributed by atoms with Crippen LogP contribution in [0.5, 0.6) is 0 Å². The van der Waals surface area contributed by atoms with E-state index in [4.69, 9.17) is 0 Å². The maximum absolute atomic E-state index is 11.9. The number of rotatable bonds is 8. The van der Waals surface area contributed by atoms with E-state index in [1.807, 2.05) is 20.8 Å². The number of benzene rings is 1. The van der Waals surface area contributed by atoms with Crippen LogP contribution >= 0.6 is 0 Å². The van der Waals surface area contributed by atoms with Crippen LogP contribution < -0.4 is 16.0 Å². The van der Waals surface area contributed by atoms with Crippen molar-refractivity contribution in [1.29, 1.82) is 0 Å². The van der Waals surface area contributed by atoms with Crippen molar-refractivity contribution in [3.63, 3.8) is 0 Å². The predicted molar refractivity (Wildman–Crippen MR) is 90.2 cm³/mol. The summed E-state index contributed by atoms with van der Waals surface area (Å²) in [7, 11) is 0. The fourth-order valence-electron chi connectivity index (χ4n) is 1.82. The standard InChI is InChI=1S/C17H25N3O3/c1-4-5-15(21)20-14-8-6-13(7-9-14)17(23)19-11-10-18-16(22)12(2)3/h6-9,12H,4-5,10-11H2,1-3H3,(H,18,22)(H,19,23)(H,20,21). The molecule has 1 rings (SSSR count). The van der Waals surface area contributed by atoms with Crippen LogP contribution in [-0.2, 0) is 9.59 Å². The molecule has 6 heteroatoms. The molecule has 0 radical (unpaired) electrons. The van der Waals surface area contributed by atoms with Gasteiger partial charge in [0.25, 0.3) is 5.91 Å². The van der Waals surface area contributed by atoms with Crippen molar-refractivity contribution >= 4 is 23.4 Å². The summed E-state index contributed by atoms with van der Waals surface area (Å²) in [6, 6.07) is 6.71. The monoisotopic (exact) mass is 319 g/mol. The summed E-state index contributed by atoms with van der Waals surface area (Å²) in [6.45, 7) is 6.33. The highest BCUT2D eigenvalue weighted by atomic mass is 16.2. The molecule has 0 atom stereocenters. The third kappa shape index (κ3) is 6.95. The predicted octanol–water partition coefficient (Wildman–Crippen LogP) is 1.93. The number of amides is 3. The molecule has 3 amide bonds. The SMILES string of the molecule is CCCC(=O)Nc1ccc(C(=O)NCCNC(=O)C(C)C)cc1. The van der Waals surface area contributed by atoms with E-state index in [1.54, 1.807) is 24.3 Å². The Morgan fingerprint density at radius 2 is 1.61 bits per heavy atom. The number of hydrogen-bond acceptors (Lipinski definition) is 3. The van der Waals surface area contributed by atoms with Gasteiger partial charge >= 0.3 is 0 Å². The Bertz CT molecular complexity index is 539. The van der Waals surface area contributed by atoms with Crippen molar-refractivity contribution in [3.8, 4) is 0 Å². The molecule has 3 N–H and O–H groups in total. The van der Waals surface area contributed by atoms with E-state index in [-0.39, 0.29) is 23.6 Å². The second-order valence-electron chi connectivity index (χ2n) is 5.58. The molecule has 0 heterocycles. The van der Waals surface area contributed by atoms with Gasteiger partial charge in [0.1, 0.15) is 0 Å². The van der Waals surface area contributed by atoms with E-state index < -0.39 is 0 Å². The van der Waals surface area contributed by atoms with Crippen molar-refractivity contribution in [2.24, 2.45) is 5.92 Å². The zero-order chi connectivity index (χ0) is 17.2. The Kier molecular flexibility index (Phi) is 7.80. The summed E-state index contributed by atoms with van der Waals surface area (Å²) >= 11 is 0. The molecule has 6 nitrogen and oxygen atoms in total. The zero-order valence-electron chi connectivity index (χ0n) is 13.9. The van der Waals surface area contributed by atoms with Gasteiger partial charge < -0.3 is 16.0 Å². The van der Waals surface area contributed by atoms with Crippen molar-refractivity contribution in [2.75, 3.05) is 18.4 Å². The van der Waals surface area contributed by atoms with Crippen LogP contribution in [0.1, 0.15) is 44.0 Å². The second-order valence-corrected chi connectivity index (χ2v) is 5.58. The molecule has 1 aromatic rings. The van der Waals surface area contributed by atoms with Gasteiger partial charge in [0.05, 0.1) is 0 Å². The summed E-state index contributed by atoms with van der Waals surface area (Å²) < 4.78 is 0. The topological polar surface area (TPSA) is 87.3 Å². The van der Waals surface area contributed by atoms with Crippen LogP contribution in [0.2, 0.25) is 0 Å². The summed E-state index contributed by atoms with van der Waals surface area (Å²) in [4.78, 5) is 34.8. The minimum Gasteiger partial charge on any atom is -0.354 e. The number of nitrogens with one attached hydrogen (secondary N) is 3. The minimum atomic E-state index is -0.213. The maximum atomic E-state index is 11.9. The van der Waals surface area contributed by atoms with Gasteiger partial charge in [-0.1, -0.05) is 20.8 Å². The number of hydrogen-bond donors (Lipinski definition) is 3. The lowest BCUT2D eigenvalue weighted by Crippen LogP contribution is -2.36. The summed E-state index contributed by atoms with van der Waals surface area (Å²) in [5.74, 6) is -0.353. The molecular weight excluding hydrogens is 294 g/mol. The summed E-state index contributed by atoms with van der Waals surface area (Å²) in [6.07, 6.45) is 1.27. The highest BCUT2D eigenvalue weighted by Gasteiger charge is 2.08. The van der Waals surface area contributed by atoms with E-state index in [9.17, 15) is 14.4 Å². The molecule has 0 fully saturated rings. The first kappa shape index (κ1) is 18.7. The van der Waals surface area contributed by atoms with Crippen molar-refractivity contribution in [1.82, 2.24) is 10.6 Å². The molecule has 0 aliphatic carbocycles. The Labute approximate surface area is 137 Å². The molecule has 0 spiro atoms. The first-order valence-electron chi connectivity index (χ1n) is 7.89. The minimum absolute atomic E-state index is 0.0357. The third-order valence-electron chi connectivity index (χ3n) is 3.14. The molecule has 0 saturated carbocycles. The average molecular weight is 319 g/mol. The van der Waals surface area contributed by atoms with Gasteiger partial charge in [-0.3, -0.25) is 14.4 Å². The average Bonchev–Trinajstić information content (AvgIpc) is 2.51. The molecule has 0 saturated heterocycles. The van der Waals surface area contributed by atoms with Crippen molar-refractivity contribution < 1.29 is 14.4 Å². The molecule has 126 valence electrons. The van der Waals surface area contributed by atoms with Gasteiger partial charge in [-0.15, -0.1) is 0 Å². The quantitative estimate of drug-likeness (QED) is 0.640. The molecule has 0 bridgehead atoms. The highest BCUT2D eigenvalue weighted by molar-refractivity contribution is 5.95. The summed E-state index contributed by atoms with van der Waals surface area (Å²) in [5, 5.41) is 8.23. The van der Waals surface area contributed by atoms with Gasteiger partial charge in [-0.25, -0.2) is 0 Å². The fourth-order valence-corrected chi connectivity index (χ4v) is 1.82. The molecular formula is C17H25N3O3. The molecule has 0 unspecified atom stereocenters. The van der Waals surface area contributed by atoms with Crippen LogP contribution in [0.3, 0.4) is 0 Å². The molecule has 23 heavy (non-hydrogen) atoms. The maximum Gasteiger partial charge on any atom is 0.251 e. The van der Waals surface area contributed by atoms with E-state index >= 15 is 0 Å². The normalized spacial score (nSPS) is 10.3. The van der Waals surface area contributed by atoms with Crippen LogP contribution in [0, 0.1) is 5.92 Å². The first-order chi connectivity index (χ1) is 10.9. The van der Waals surface area contributed by atoms with Crippen molar-refractivity contribution in [2.45, 2.75) is 33.6 Å². The zero-order valence-corrected chi connectivity index (χ0v) is 13.9. The van der Waals surface area contributed by atoms with Gasteiger partial charge in [0.2, 0.25) is 11.8 Å². The highest BCUT2D eigenvalue weighted by Crippen LogP contribution is 2.10. The largest absolute Gasteiger partial charge is 0.354 e. The van der Waals surface area contributed by atoms with Gasteiger partial charge in [0, 0.05) is 36.7 Å². The lowest BCUT2D eigenvalue weighted by Gasteiger charge is -2.09. The van der Waals surface area contributed by atoms with Gasteiger partial charge in [-0.2, -0.15) is 0 Å². The lowest BCUT2D eigenvalue weighted by molar-refractivity contribution is -0.124. The summed E-state index contributed by atoms with van der Waals surface area (Å²) in [5.41, 5.74) is 1.18. The van der Waals surface area contributed by atoms with Crippen LogP contribution in [0.25, 0.3) is 0 Å². The van der Waals surface area contributed by atoms with Gasteiger partial charge in [-0.05, 0) is 30.7 Å². The Morgan fingerprint density at radius 3 is 2.17 bits per heavy atom. The Morgan fingerprint density at radius 1 is 1.00 bits per heavy atom. The molecule has 0 aliphatic heterocycles. The van der Waals surface area contributed by atoms with E-state index in [2.05, 4.69) is 16.0 Å². The lowest BCUT2D eigenvalue weighted by atomic mass is 10.2. The van der Waals surface area contributed by atoms with Gasteiger partial charge in [0.15, 0.2) is 0 Å². The first-order valence-corrected chi connectivity index (χ1v) is 7.89. The second kappa shape index (κ2) is 9.61. The van der Waals surface area contributed by atoms with E-state index in [0.29, 0.717) is 30.8 Å². The molecule has 0 aliphatic rings. The third-order valence-corrected chi connectivity index (χ3v) is 3.14. The molecule has 1 aromatic carbocycles. The number of carbonyl (C=O) groups is 3.